The molecular weight excluding hydrogens is 246 g/mol. The second-order valence-electron chi connectivity index (χ2n) is 4.79. The zero-order chi connectivity index (χ0) is 13.8. The zero-order valence-electron chi connectivity index (χ0n) is 11.3. The second kappa shape index (κ2) is 5.91. The highest BCUT2D eigenvalue weighted by Crippen LogP contribution is 2.20. The molecule has 0 unspecified atom stereocenters. The fourth-order valence-corrected chi connectivity index (χ4v) is 2.35. The molecule has 1 aromatic heterocycles. The lowest BCUT2D eigenvalue weighted by atomic mass is 9.98. The Labute approximate surface area is 112 Å². The molecule has 5 heteroatoms. The third-order valence-electron chi connectivity index (χ3n) is 3.31. The van der Waals surface area contributed by atoms with Crippen molar-refractivity contribution in [2.75, 3.05) is 19.7 Å². The van der Waals surface area contributed by atoms with Crippen molar-refractivity contribution in [3.05, 3.63) is 23.7 Å². The Morgan fingerprint density at radius 1 is 1.53 bits per heavy atom. The van der Waals surface area contributed by atoms with Gasteiger partial charge >= 0.3 is 5.97 Å². The normalized spacial score (nSPS) is 19.3. The third-order valence-corrected chi connectivity index (χ3v) is 3.31. The van der Waals surface area contributed by atoms with E-state index < -0.39 is 0 Å². The molecule has 1 fully saturated rings. The standard InChI is InChI=1S/C14H19NO4/c1-3-18-14(17)11-5-4-6-15(8-11)13(16)12-7-10(2)19-9-12/h7,9,11H,3-6,8H2,1-2H3/t11-/m1/s1. The van der Waals surface area contributed by atoms with Crippen LogP contribution >= 0.6 is 0 Å². The topological polar surface area (TPSA) is 59.8 Å². The van der Waals surface area contributed by atoms with E-state index in [1.165, 1.54) is 6.26 Å². The highest BCUT2D eigenvalue weighted by atomic mass is 16.5. The molecule has 1 aromatic rings. The summed E-state index contributed by atoms with van der Waals surface area (Å²) in [5.41, 5.74) is 0.544. The molecule has 19 heavy (non-hydrogen) atoms. The minimum Gasteiger partial charge on any atom is -0.469 e. The van der Waals surface area contributed by atoms with Crippen molar-refractivity contribution in [3.63, 3.8) is 0 Å². The van der Waals surface area contributed by atoms with E-state index in [0.717, 1.165) is 12.8 Å². The van der Waals surface area contributed by atoms with Crippen molar-refractivity contribution in [1.82, 2.24) is 4.90 Å². The maximum atomic E-state index is 12.3. The van der Waals surface area contributed by atoms with E-state index in [-0.39, 0.29) is 17.8 Å². The molecule has 104 valence electrons. The first-order valence-corrected chi connectivity index (χ1v) is 6.63. The molecule has 1 aliphatic rings. The van der Waals surface area contributed by atoms with Gasteiger partial charge in [0.2, 0.25) is 0 Å². The Kier molecular flexibility index (Phi) is 4.24. The zero-order valence-corrected chi connectivity index (χ0v) is 11.3. The minimum atomic E-state index is -0.205. The van der Waals surface area contributed by atoms with E-state index in [1.54, 1.807) is 24.8 Å². The number of piperidine rings is 1. The fraction of sp³-hybridized carbons (Fsp3) is 0.571. The molecular formula is C14H19NO4. The number of hydrogen-bond acceptors (Lipinski definition) is 4. The summed E-state index contributed by atoms with van der Waals surface area (Å²) in [5, 5.41) is 0. The number of furan rings is 1. The highest BCUT2D eigenvalue weighted by Gasteiger charge is 2.30. The Morgan fingerprint density at radius 2 is 2.32 bits per heavy atom. The summed E-state index contributed by atoms with van der Waals surface area (Å²) in [6, 6.07) is 1.72. The molecule has 1 aliphatic heterocycles. The van der Waals surface area contributed by atoms with Crippen LogP contribution in [0.4, 0.5) is 0 Å². The van der Waals surface area contributed by atoms with E-state index in [1.807, 2.05) is 0 Å². The van der Waals surface area contributed by atoms with Crippen LogP contribution in [0.3, 0.4) is 0 Å². The molecule has 1 saturated heterocycles. The van der Waals surface area contributed by atoms with Crippen molar-refractivity contribution in [2.45, 2.75) is 26.7 Å². The van der Waals surface area contributed by atoms with Gasteiger partial charge < -0.3 is 14.1 Å². The van der Waals surface area contributed by atoms with Crippen molar-refractivity contribution in [3.8, 4) is 0 Å². The Morgan fingerprint density at radius 3 is 2.95 bits per heavy atom. The average Bonchev–Trinajstić information content (AvgIpc) is 2.85. The predicted molar refractivity (Wildman–Crippen MR) is 68.7 cm³/mol. The fourth-order valence-electron chi connectivity index (χ4n) is 2.35. The molecule has 0 saturated carbocycles. The smallest absolute Gasteiger partial charge is 0.310 e. The predicted octanol–water partition coefficient (Wildman–Crippen LogP) is 2.00. The molecule has 1 amide bonds. The van der Waals surface area contributed by atoms with Gasteiger partial charge in [0.05, 0.1) is 18.1 Å². The van der Waals surface area contributed by atoms with Crippen LogP contribution in [0.1, 0.15) is 35.9 Å². The Bertz CT molecular complexity index is 466. The first kappa shape index (κ1) is 13.6. The van der Waals surface area contributed by atoms with E-state index in [2.05, 4.69) is 0 Å². The summed E-state index contributed by atoms with van der Waals surface area (Å²) in [5.74, 6) is 0.224. The summed E-state index contributed by atoms with van der Waals surface area (Å²) in [6.07, 6.45) is 3.07. The maximum Gasteiger partial charge on any atom is 0.310 e. The summed E-state index contributed by atoms with van der Waals surface area (Å²) >= 11 is 0. The number of rotatable bonds is 3. The number of nitrogens with zero attached hydrogens (tertiary/aromatic N) is 1. The number of aryl methyl sites for hydroxylation is 1. The van der Waals surface area contributed by atoms with Gasteiger partial charge in [-0.1, -0.05) is 0 Å². The van der Waals surface area contributed by atoms with Gasteiger partial charge in [-0.15, -0.1) is 0 Å². The van der Waals surface area contributed by atoms with Crippen LogP contribution in [-0.4, -0.2) is 36.5 Å². The van der Waals surface area contributed by atoms with Crippen molar-refractivity contribution in [2.24, 2.45) is 5.92 Å². The number of amides is 1. The molecule has 0 aliphatic carbocycles. The first-order chi connectivity index (χ1) is 9.11. The molecule has 2 heterocycles. The number of esters is 1. The summed E-state index contributed by atoms with van der Waals surface area (Å²) in [6.45, 7) is 5.08. The lowest BCUT2D eigenvalue weighted by molar-refractivity contribution is -0.149. The van der Waals surface area contributed by atoms with Gasteiger partial charge in [-0.05, 0) is 32.8 Å². The van der Waals surface area contributed by atoms with E-state index in [0.29, 0.717) is 31.0 Å². The van der Waals surface area contributed by atoms with Crippen LogP contribution in [0.5, 0.6) is 0 Å². The highest BCUT2D eigenvalue weighted by molar-refractivity contribution is 5.94. The van der Waals surface area contributed by atoms with Gasteiger partial charge in [-0.3, -0.25) is 9.59 Å². The van der Waals surface area contributed by atoms with Crippen LogP contribution in [-0.2, 0) is 9.53 Å². The number of carbonyl (C=O) groups excluding carboxylic acids is 2. The lowest BCUT2D eigenvalue weighted by Crippen LogP contribution is -2.42. The summed E-state index contributed by atoms with van der Waals surface area (Å²) < 4.78 is 10.2. The van der Waals surface area contributed by atoms with Gasteiger partial charge in [0.1, 0.15) is 12.0 Å². The quantitative estimate of drug-likeness (QED) is 0.784. The monoisotopic (exact) mass is 265 g/mol. The van der Waals surface area contributed by atoms with E-state index >= 15 is 0 Å². The van der Waals surface area contributed by atoms with Crippen LogP contribution in [0.25, 0.3) is 0 Å². The second-order valence-corrected chi connectivity index (χ2v) is 4.79. The minimum absolute atomic E-state index is 0.0779. The van der Waals surface area contributed by atoms with E-state index in [9.17, 15) is 9.59 Å². The van der Waals surface area contributed by atoms with Crippen molar-refractivity contribution < 1.29 is 18.7 Å². The average molecular weight is 265 g/mol. The summed E-state index contributed by atoms with van der Waals surface area (Å²) in [4.78, 5) is 25.7. The molecule has 0 spiro atoms. The molecule has 1 atom stereocenters. The maximum absolute atomic E-state index is 12.3. The van der Waals surface area contributed by atoms with E-state index in [4.69, 9.17) is 9.15 Å². The van der Waals surface area contributed by atoms with Crippen LogP contribution < -0.4 is 0 Å². The molecule has 0 N–H and O–H groups in total. The Balaban J connectivity index is 2.01. The van der Waals surface area contributed by atoms with Crippen LogP contribution in [0.2, 0.25) is 0 Å². The lowest BCUT2D eigenvalue weighted by Gasteiger charge is -2.31. The first-order valence-electron chi connectivity index (χ1n) is 6.63. The molecule has 5 nitrogen and oxygen atoms in total. The third kappa shape index (κ3) is 3.16. The SMILES string of the molecule is CCOC(=O)[C@@H]1CCCN(C(=O)c2coc(C)c2)C1. The van der Waals surface area contributed by atoms with Gasteiger partial charge in [-0.25, -0.2) is 0 Å². The van der Waals surface area contributed by atoms with Crippen LogP contribution in [0, 0.1) is 12.8 Å². The molecule has 0 bridgehead atoms. The van der Waals surface area contributed by atoms with Crippen molar-refractivity contribution in [1.29, 1.82) is 0 Å². The largest absolute Gasteiger partial charge is 0.469 e. The number of ether oxygens (including phenoxy) is 1. The number of likely N-dealkylation sites (tertiary alicyclic amines) is 1. The number of hydrogen-bond donors (Lipinski definition) is 0. The summed E-state index contributed by atoms with van der Waals surface area (Å²) in [7, 11) is 0. The van der Waals surface area contributed by atoms with Gasteiger partial charge in [-0.2, -0.15) is 0 Å². The van der Waals surface area contributed by atoms with Crippen LogP contribution in [0.15, 0.2) is 16.7 Å². The van der Waals surface area contributed by atoms with Gasteiger partial charge in [0.15, 0.2) is 0 Å². The van der Waals surface area contributed by atoms with Gasteiger partial charge in [0.25, 0.3) is 5.91 Å². The molecule has 2 rings (SSSR count). The molecule has 0 radical (unpaired) electrons. The Hall–Kier alpha value is -1.78. The number of carbonyl (C=O) groups is 2. The van der Waals surface area contributed by atoms with Crippen molar-refractivity contribution >= 4 is 11.9 Å². The molecule has 0 aromatic carbocycles. The van der Waals surface area contributed by atoms with Gasteiger partial charge in [0, 0.05) is 13.1 Å².